The van der Waals surface area contributed by atoms with E-state index in [1.165, 1.54) is 51.4 Å². The molecule has 1 aliphatic rings. The van der Waals surface area contributed by atoms with Crippen LogP contribution in [0.15, 0.2) is 0 Å². The van der Waals surface area contributed by atoms with Crippen LogP contribution in [0, 0.1) is 0 Å². The molecule has 0 aromatic heterocycles. The van der Waals surface area contributed by atoms with Gasteiger partial charge in [0.2, 0.25) is 0 Å². The van der Waals surface area contributed by atoms with Gasteiger partial charge >= 0.3 is 0 Å². The molecular weight excluding hydrogens is 280 g/mol. The van der Waals surface area contributed by atoms with Gasteiger partial charge in [0.1, 0.15) is 5.60 Å². The molecule has 1 heterocycles. The number of hydrogen-bond donors (Lipinski definition) is 0. The third kappa shape index (κ3) is 9.04. The first kappa shape index (κ1) is 15.5. The summed E-state index contributed by atoms with van der Waals surface area (Å²) in [4.78, 5) is 0. The predicted octanol–water partition coefficient (Wildman–Crippen LogP) is 4.31. The molecule has 17 heavy (non-hydrogen) atoms. The maximum Gasteiger partial charge on any atom is 0.112 e. The number of unbranched alkanes of at least 4 members (excludes halogenated alkanes) is 7. The summed E-state index contributed by atoms with van der Waals surface area (Å²) in [7, 11) is 0. The molecule has 0 aliphatic carbocycles. The van der Waals surface area contributed by atoms with Gasteiger partial charge < -0.3 is 9.47 Å². The molecule has 1 unspecified atom stereocenters. The SMILES string of the molecule is CC1(COCCCCCCCCCCBr)CO1. The van der Waals surface area contributed by atoms with E-state index in [1.54, 1.807) is 0 Å². The standard InChI is InChI=1S/C14H27BrO2/c1-14(13-17-14)12-16-11-9-7-5-3-2-4-6-8-10-15/h2-13H2,1H3. The van der Waals surface area contributed by atoms with Crippen LogP contribution >= 0.6 is 15.9 Å². The van der Waals surface area contributed by atoms with Gasteiger partial charge in [0.05, 0.1) is 13.2 Å². The Morgan fingerprint density at radius 3 is 2.06 bits per heavy atom. The van der Waals surface area contributed by atoms with E-state index >= 15 is 0 Å². The third-order valence-corrected chi connectivity index (χ3v) is 3.78. The molecule has 0 amide bonds. The Morgan fingerprint density at radius 1 is 1.00 bits per heavy atom. The number of rotatable bonds is 12. The number of halogens is 1. The molecular formula is C14H27BrO2. The van der Waals surface area contributed by atoms with Gasteiger partial charge in [0.25, 0.3) is 0 Å². The zero-order valence-corrected chi connectivity index (χ0v) is 12.8. The number of alkyl halides is 1. The molecule has 0 aromatic carbocycles. The maximum atomic E-state index is 5.59. The minimum Gasteiger partial charge on any atom is -0.378 e. The van der Waals surface area contributed by atoms with Crippen LogP contribution in [0.1, 0.15) is 58.3 Å². The molecule has 1 saturated heterocycles. The molecule has 0 bridgehead atoms. The molecule has 0 spiro atoms. The van der Waals surface area contributed by atoms with Crippen molar-refractivity contribution >= 4 is 15.9 Å². The minimum atomic E-state index is 0.0649. The van der Waals surface area contributed by atoms with Crippen molar-refractivity contribution in [1.82, 2.24) is 0 Å². The first-order chi connectivity index (χ1) is 8.27. The van der Waals surface area contributed by atoms with E-state index in [1.807, 2.05) is 0 Å². The van der Waals surface area contributed by atoms with Crippen molar-refractivity contribution in [2.24, 2.45) is 0 Å². The van der Waals surface area contributed by atoms with Gasteiger partial charge in [-0.05, 0) is 19.8 Å². The highest BCUT2D eigenvalue weighted by Gasteiger charge is 2.39. The second-order valence-corrected chi connectivity index (χ2v) is 6.10. The number of epoxide rings is 1. The van der Waals surface area contributed by atoms with Gasteiger partial charge in [0.15, 0.2) is 0 Å². The lowest BCUT2D eigenvalue weighted by Gasteiger charge is -2.06. The van der Waals surface area contributed by atoms with Gasteiger partial charge in [-0.15, -0.1) is 0 Å². The fourth-order valence-electron chi connectivity index (χ4n) is 1.85. The predicted molar refractivity (Wildman–Crippen MR) is 75.9 cm³/mol. The molecule has 0 N–H and O–H groups in total. The van der Waals surface area contributed by atoms with Gasteiger partial charge in [-0.1, -0.05) is 54.5 Å². The van der Waals surface area contributed by atoms with E-state index in [0.717, 1.165) is 25.2 Å². The van der Waals surface area contributed by atoms with Crippen molar-refractivity contribution in [1.29, 1.82) is 0 Å². The van der Waals surface area contributed by atoms with Crippen molar-refractivity contribution in [3.05, 3.63) is 0 Å². The average Bonchev–Trinajstić information content (AvgIpc) is 3.05. The van der Waals surface area contributed by atoms with Crippen LogP contribution in [-0.4, -0.2) is 30.8 Å². The minimum absolute atomic E-state index is 0.0649. The van der Waals surface area contributed by atoms with Gasteiger partial charge in [-0.2, -0.15) is 0 Å². The largest absolute Gasteiger partial charge is 0.378 e. The summed E-state index contributed by atoms with van der Waals surface area (Å²) in [6.45, 7) is 4.67. The Labute approximate surface area is 115 Å². The fourth-order valence-corrected chi connectivity index (χ4v) is 2.25. The number of ether oxygens (including phenoxy) is 2. The van der Waals surface area contributed by atoms with E-state index in [-0.39, 0.29) is 5.60 Å². The van der Waals surface area contributed by atoms with Crippen LogP contribution in [0.5, 0.6) is 0 Å². The topological polar surface area (TPSA) is 21.8 Å². The smallest absolute Gasteiger partial charge is 0.112 e. The quantitative estimate of drug-likeness (QED) is 0.304. The lowest BCUT2D eigenvalue weighted by molar-refractivity contribution is 0.0825. The molecule has 3 heteroatoms. The van der Waals surface area contributed by atoms with E-state index in [4.69, 9.17) is 9.47 Å². The van der Waals surface area contributed by atoms with Gasteiger partial charge in [-0.25, -0.2) is 0 Å². The molecule has 2 nitrogen and oxygen atoms in total. The van der Waals surface area contributed by atoms with Crippen LogP contribution in [0.25, 0.3) is 0 Å². The maximum absolute atomic E-state index is 5.59. The zero-order valence-electron chi connectivity index (χ0n) is 11.2. The summed E-state index contributed by atoms with van der Waals surface area (Å²) < 4.78 is 10.8. The Morgan fingerprint density at radius 2 is 1.53 bits per heavy atom. The highest BCUT2D eigenvalue weighted by Crippen LogP contribution is 2.25. The molecule has 1 atom stereocenters. The summed E-state index contributed by atoms with van der Waals surface area (Å²) in [5, 5.41) is 1.16. The Balaban J connectivity index is 1.67. The van der Waals surface area contributed by atoms with Crippen LogP contribution in [0.3, 0.4) is 0 Å². The average molecular weight is 307 g/mol. The second-order valence-electron chi connectivity index (χ2n) is 5.31. The van der Waals surface area contributed by atoms with Crippen molar-refractivity contribution in [2.45, 2.75) is 63.9 Å². The highest BCUT2D eigenvalue weighted by atomic mass is 79.9. The van der Waals surface area contributed by atoms with E-state index < -0.39 is 0 Å². The van der Waals surface area contributed by atoms with Gasteiger partial charge in [0, 0.05) is 11.9 Å². The van der Waals surface area contributed by atoms with Crippen LogP contribution in [0.4, 0.5) is 0 Å². The van der Waals surface area contributed by atoms with E-state index in [9.17, 15) is 0 Å². The molecule has 1 aliphatic heterocycles. The summed E-state index contributed by atoms with van der Waals surface area (Å²) in [6.07, 6.45) is 10.8. The number of hydrogen-bond acceptors (Lipinski definition) is 2. The molecule has 1 fully saturated rings. The van der Waals surface area contributed by atoms with Crippen molar-refractivity contribution in [3.63, 3.8) is 0 Å². The van der Waals surface area contributed by atoms with Crippen LogP contribution < -0.4 is 0 Å². The fraction of sp³-hybridized carbons (Fsp3) is 1.00. The molecule has 0 aromatic rings. The summed E-state index contributed by atoms with van der Waals surface area (Å²) >= 11 is 3.46. The molecule has 1 rings (SSSR count). The van der Waals surface area contributed by atoms with Crippen molar-refractivity contribution in [3.8, 4) is 0 Å². The Hall–Kier alpha value is 0.400. The third-order valence-electron chi connectivity index (χ3n) is 3.22. The summed E-state index contributed by atoms with van der Waals surface area (Å²) in [5.74, 6) is 0. The normalized spacial score (nSPS) is 22.9. The van der Waals surface area contributed by atoms with Crippen molar-refractivity contribution in [2.75, 3.05) is 25.2 Å². The lowest BCUT2D eigenvalue weighted by Crippen LogP contribution is -2.14. The second kappa shape index (κ2) is 9.35. The van der Waals surface area contributed by atoms with E-state index in [2.05, 4.69) is 22.9 Å². The zero-order chi connectivity index (χ0) is 12.4. The Kier molecular flexibility index (Phi) is 8.50. The van der Waals surface area contributed by atoms with E-state index in [0.29, 0.717) is 0 Å². The molecule has 0 saturated carbocycles. The summed E-state index contributed by atoms with van der Waals surface area (Å²) in [6, 6.07) is 0. The highest BCUT2D eigenvalue weighted by molar-refractivity contribution is 9.09. The molecule has 0 radical (unpaired) electrons. The molecule has 102 valence electrons. The first-order valence-corrected chi connectivity index (χ1v) is 8.17. The lowest BCUT2D eigenvalue weighted by atomic mass is 10.1. The summed E-state index contributed by atoms with van der Waals surface area (Å²) in [5.41, 5.74) is 0.0649. The monoisotopic (exact) mass is 306 g/mol. The first-order valence-electron chi connectivity index (χ1n) is 7.04. The van der Waals surface area contributed by atoms with Crippen LogP contribution in [0.2, 0.25) is 0 Å². The Bertz CT molecular complexity index is 181. The van der Waals surface area contributed by atoms with Gasteiger partial charge in [-0.3, -0.25) is 0 Å². The van der Waals surface area contributed by atoms with Crippen LogP contribution in [-0.2, 0) is 9.47 Å². The van der Waals surface area contributed by atoms with Crippen molar-refractivity contribution < 1.29 is 9.47 Å².